The number of aryl methyl sites for hydroxylation is 1. The Balaban J connectivity index is 1.14. The predicted octanol–water partition coefficient (Wildman–Crippen LogP) is 6.33. The summed E-state index contributed by atoms with van der Waals surface area (Å²) in [6.45, 7) is 1.34. The molecule has 0 saturated heterocycles. The molecule has 0 aliphatic carbocycles. The number of hydrogen-bond acceptors (Lipinski definition) is 4. The normalized spacial score (nSPS) is 10.4. The first-order valence-electron chi connectivity index (χ1n) is 11.8. The number of amides is 1. The first-order chi connectivity index (χ1) is 17.2. The molecule has 0 atom stereocenters. The van der Waals surface area contributed by atoms with E-state index in [1.807, 2.05) is 84.9 Å². The van der Waals surface area contributed by atoms with Crippen LogP contribution in [0.15, 0.2) is 109 Å². The summed E-state index contributed by atoms with van der Waals surface area (Å²) in [6.07, 6.45) is 1.96. The van der Waals surface area contributed by atoms with Gasteiger partial charge in [-0.25, -0.2) is 0 Å². The zero-order valence-electron chi connectivity index (χ0n) is 19.7. The molecule has 0 aromatic heterocycles. The first kappa shape index (κ1) is 23.9. The summed E-state index contributed by atoms with van der Waals surface area (Å²) in [6, 6.07) is 35.4. The van der Waals surface area contributed by atoms with Gasteiger partial charge in [-0.2, -0.15) is 0 Å². The number of ether oxygens (including phenoxy) is 2. The van der Waals surface area contributed by atoms with Crippen LogP contribution in [0.5, 0.6) is 11.5 Å². The summed E-state index contributed by atoms with van der Waals surface area (Å²) < 4.78 is 11.6. The second kappa shape index (κ2) is 12.8. The Bertz CT molecular complexity index is 1160. The molecule has 0 aliphatic heterocycles. The number of carbonyl (C=O) groups is 1. The van der Waals surface area contributed by atoms with Crippen LogP contribution in [0.25, 0.3) is 0 Å². The van der Waals surface area contributed by atoms with Crippen LogP contribution in [0.4, 0.5) is 11.4 Å². The van der Waals surface area contributed by atoms with Crippen molar-refractivity contribution in [1.29, 1.82) is 0 Å². The Labute approximate surface area is 206 Å². The zero-order valence-corrected chi connectivity index (χ0v) is 19.7. The van der Waals surface area contributed by atoms with Gasteiger partial charge < -0.3 is 20.1 Å². The van der Waals surface area contributed by atoms with Crippen LogP contribution in [-0.4, -0.2) is 19.1 Å². The van der Waals surface area contributed by atoms with Crippen molar-refractivity contribution in [2.24, 2.45) is 0 Å². The van der Waals surface area contributed by atoms with Gasteiger partial charge in [-0.1, -0.05) is 60.7 Å². The summed E-state index contributed by atoms with van der Waals surface area (Å²) in [7, 11) is 0. The minimum atomic E-state index is -0.121. The maximum absolute atomic E-state index is 12.3. The smallest absolute Gasteiger partial charge is 0.243 e. The number of rotatable bonds is 12. The third-order valence-electron chi connectivity index (χ3n) is 5.42. The molecule has 0 aliphatic rings. The van der Waals surface area contributed by atoms with Gasteiger partial charge in [-0.05, 0) is 72.5 Å². The molecule has 1 amide bonds. The maximum Gasteiger partial charge on any atom is 0.243 e. The van der Waals surface area contributed by atoms with Gasteiger partial charge in [-0.3, -0.25) is 4.79 Å². The van der Waals surface area contributed by atoms with E-state index in [1.54, 1.807) is 0 Å². The van der Waals surface area contributed by atoms with E-state index in [1.165, 1.54) is 5.56 Å². The summed E-state index contributed by atoms with van der Waals surface area (Å²) in [5.74, 6) is 1.46. The zero-order chi connectivity index (χ0) is 24.1. The summed E-state index contributed by atoms with van der Waals surface area (Å²) in [4.78, 5) is 12.3. The molecule has 2 N–H and O–H groups in total. The van der Waals surface area contributed by atoms with E-state index in [9.17, 15) is 4.79 Å². The van der Waals surface area contributed by atoms with Gasteiger partial charge in [0.2, 0.25) is 5.91 Å². The van der Waals surface area contributed by atoms with Gasteiger partial charge in [0.05, 0.1) is 13.2 Å². The minimum Gasteiger partial charge on any atom is -0.494 e. The van der Waals surface area contributed by atoms with Crippen LogP contribution < -0.4 is 20.1 Å². The number of carbonyl (C=O) groups excluding carboxylic acids is 1. The van der Waals surface area contributed by atoms with Crippen molar-refractivity contribution in [2.45, 2.75) is 19.4 Å². The third kappa shape index (κ3) is 8.23. The molecule has 0 spiro atoms. The second-order valence-electron chi connectivity index (χ2n) is 8.16. The van der Waals surface area contributed by atoms with Crippen LogP contribution in [0.2, 0.25) is 0 Å². The van der Waals surface area contributed by atoms with Gasteiger partial charge >= 0.3 is 0 Å². The van der Waals surface area contributed by atoms with Crippen LogP contribution in [0.3, 0.4) is 0 Å². The highest BCUT2D eigenvalue weighted by Crippen LogP contribution is 2.18. The predicted molar refractivity (Wildman–Crippen MR) is 141 cm³/mol. The Hall–Kier alpha value is -4.25. The van der Waals surface area contributed by atoms with Crippen LogP contribution in [0.1, 0.15) is 17.5 Å². The van der Waals surface area contributed by atoms with Crippen molar-refractivity contribution in [3.05, 3.63) is 120 Å². The SMILES string of the molecule is O=C(CNc1ccc(OCCCc2ccccc2)cc1)Nc1ccc(OCc2ccccc2)cc1. The molecule has 5 heteroatoms. The van der Waals surface area contributed by atoms with Gasteiger partial charge in [-0.15, -0.1) is 0 Å². The number of anilines is 2. The fraction of sp³-hybridized carbons (Fsp3) is 0.167. The molecular formula is C30H30N2O3. The van der Waals surface area contributed by atoms with E-state index in [0.717, 1.165) is 41.3 Å². The molecule has 35 heavy (non-hydrogen) atoms. The van der Waals surface area contributed by atoms with E-state index in [2.05, 4.69) is 34.9 Å². The molecule has 0 radical (unpaired) electrons. The highest BCUT2D eigenvalue weighted by Gasteiger charge is 2.04. The Kier molecular flexibility index (Phi) is 8.77. The number of nitrogens with one attached hydrogen (secondary N) is 2. The first-order valence-corrected chi connectivity index (χ1v) is 11.8. The fourth-order valence-electron chi connectivity index (χ4n) is 3.54. The monoisotopic (exact) mass is 466 g/mol. The molecule has 0 unspecified atom stereocenters. The quantitative estimate of drug-likeness (QED) is 0.240. The highest BCUT2D eigenvalue weighted by atomic mass is 16.5. The lowest BCUT2D eigenvalue weighted by atomic mass is 10.1. The molecular weight excluding hydrogens is 436 g/mol. The lowest BCUT2D eigenvalue weighted by Gasteiger charge is -2.10. The molecule has 0 fully saturated rings. The van der Waals surface area contributed by atoms with Gasteiger partial charge in [0.15, 0.2) is 0 Å². The average molecular weight is 467 g/mol. The van der Waals surface area contributed by atoms with E-state index in [4.69, 9.17) is 9.47 Å². The molecule has 178 valence electrons. The third-order valence-corrected chi connectivity index (χ3v) is 5.42. The molecule has 5 nitrogen and oxygen atoms in total. The minimum absolute atomic E-state index is 0.121. The molecule has 4 rings (SSSR count). The second-order valence-corrected chi connectivity index (χ2v) is 8.16. The van der Waals surface area contributed by atoms with E-state index in [0.29, 0.717) is 13.2 Å². The van der Waals surface area contributed by atoms with E-state index in [-0.39, 0.29) is 12.5 Å². The topological polar surface area (TPSA) is 59.6 Å². The Morgan fingerprint density at radius 3 is 1.86 bits per heavy atom. The van der Waals surface area contributed by atoms with Crippen LogP contribution in [0, 0.1) is 0 Å². The summed E-state index contributed by atoms with van der Waals surface area (Å²) in [5, 5.41) is 6.03. The van der Waals surface area contributed by atoms with Crippen LogP contribution in [-0.2, 0) is 17.8 Å². The highest BCUT2D eigenvalue weighted by molar-refractivity contribution is 5.93. The maximum atomic E-state index is 12.3. The molecule has 0 bridgehead atoms. The summed E-state index contributed by atoms with van der Waals surface area (Å²) in [5.41, 5.74) is 4.02. The van der Waals surface area contributed by atoms with Crippen molar-refractivity contribution < 1.29 is 14.3 Å². The fourth-order valence-corrected chi connectivity index (χ4v) is 3.54. The van der Waals surface area contributed by atoms with Crippen molar-refractivity contribution in [1.82, 2.24) is 0 Å². The summed E-state index contributed by atoms with van der Waals surface area (Å²) >= 11 is 0. The van der Waals surface area contributed by atoms with Crippen LogP contribution >= 0.6 is 0 Å². The lowest BCUT2D eigenvalue weighted by Crippen LogP contribution is -2.21. The van der Waals surface area contributed by atoms with Gasteiger partial charge in [0, 0.05) is 11.4 Å². The molecule has 4 aromatic rings. The Morgan fingerprint density at radius 2 is 1.20 bits per heavy atom. The number of hydrogen-bond donors (Lipinski definition) is 2. The van der Waals surface area contributed by atoms with E-state index < -0.39 is 0 Å². The van der Waals surface area contributed by atoms with Crippen molar-refractivity contribution in [3.8, 4) is 11.5 Å². The van der Waals surface area contributed by atoms with Gasteiger partial charge in [0.25, 0.3) is 0 Å². The molecule has 0 heterocycles. The van der Waals surface area contributed by atoms with E-state index >= 15 is 0 Å². The van der Waals surface area contributed by atoms with Crippen molar-refractivity contribution in [3.63, 3.8) is 0 Å². The molecule has 0 saturated carbocycles. The lowest BCUT2D eigenvalue weighted by molar-refractivity contribution is -0.114. The standard InChI is InChI=1S/C30H30N2O3/c33-30(32-27-15-19-29(20-16-27)35-23-25-10-5-2-6-11-25)22-31-26-13-17-28(18-14-26)34-21-7-12-24-8-3-1-4-9-24/h1-6,8-11,13-20,31H,7,12,21-23H2,(H,32,33). The van der Waals surface area contributed by atoms with Gasteiger partial charge in [0.1, 0.15) is 18.1 Å². The van der Waals surface area contributed by atoms with Crippen molar-refractivity contribution >= 4 is 17.3 Å². The average Bonchev–Trinajstić information content (AvgIpc) is 2.91. The largest absolute Gasteiger partial charge is 0.494 e. The Morgan fingerprint density at radius 1 is 0.629 bits per heavy atom. The van der Waals surface area contributed by atoms with Crippen molar-refractivity contribution in [2.75, 3.05) is 23.8 Å². The molecule has 4 aromatic carbocycles. The number of benzene rings is 4.